The van der Waals surface area contributed by atoms with E-state index in [0.717, 1.165) is 0 Å². The van der Waals surface area contributed by atoms with E-state index in [1.807, 2.05) is 0 Å². The summed E-state index contributed by atoms with van der Waals surface area (Å²) in [6.07, 6.45) is -6.27. The van der Waals surface area contributed by atoms with Crippen molar-refractivity contribution in [2.24, 2.45) is 5.92 Å². The Morgan fingerprint density at radius 1 is 0.974 bits per heavy atom. The van der Waals surface area contributed by atoms with Gasteiger partial charge in [-0.2, -0.15) is 13.2 Å². The van der Waals surface area contributed by atoms with Crippen LogP contribution >= 0.6 is 69.6 Å². The number of nitrogens with one attached hydrogen (secondary N) is 2. The Balaban J connectivity index is 1.36. The van der Waals surface area contributed by atoms with Gasteiger partial charge >= 0.3 is 6.18 Å². The molecule has 3 amide bonds. The molecule has 0 aromatic heterocycles. The van der Waals surface area contributed by atoms with Gasteiger partial charge in [0.2, 0.25) is 11.8 Å². The fourth-order valence-corrected chi connectivity index (χ4v) is 5.91. The molecule has 6 nitrogen and oxygen atoms in total. The smallest absolute Gasteiger partial charge is 0.346 e. The first-order valence-electron chi connectivity index (χ1n) is 11.4. The van der Waals surface area contributed by atoms with Gasteiger partial charge in [-0.25, -0.2) is 0 Å². The summed E-state index contributed by atoms with van der Waals surface area (Å²) in [5.74, 6) is -3.23. The van der Waals surface area contributed by atoms with Crippen molar-refractivity contribution in [3.05, 3.63) is 61.5 Å². The minimum absolute atomic E-state index is 0.0444. The predicted molar refractivity (Wildman–Crippen MR) is 145 cm³/mol. The van der Waals surface area contributed by atoms with Crippen LogP contribution < -0.4 is 10.6 Å². The molecule has 4 rings (SSSR count). The summed E-state index contributed by atoms with van der Waals surface area (Å²) in [5, 5.41) is 5.97. The molecule has 2 unspecified atom stereocenters. The Morgan fingerprint density at radius 3 is 2.18 bits per heavy atom. The molecule has 0 bridgehead atoms. The van der Waals surface area contributed by atoms with E-state index in [9.17, 15) is 27.6 Å². The molecule has 2 aromatic carbocycles. The Hall–Kier alpha value is -1.62. The lowest BCUT2D eigenvalue weighted by Crippen LogP contribution is -2.61. The zero-order chi connectivity index (χ0) is 28.9. The molecule has 39 heavy (non-hydrogen) atoms. The summed E-state index contributed by atoms with van der Waals surface area (Å²) in [6, 6.07) is 6.86. The molecule has 2 N–H and O–H groups in total. The van der Waals surface area contributed by atoms with Gasteiger partial charge in [-0.1, -0.05) is 46.4 Å². The molecule has 1 saturated heterocycles. The molecule has 210 valence electrons. The summed E-state index contributed by atoms with van der Waals surface area (Å²) in [7, 11) is 0. The first-order valence-corrected chi connectivity index (χ1v) is 13.6. The van der Waals surface area contributed by atoms with Gasteiger partial charge in [-0.15, -0.1) is 23.2 Å². The first kappa shape index (κ1) is 30.3. The van der Waals surface area contributed by atoms with Gasteiger partial charge in [0.25, 0.3) is 5.91 Å². The van der Waals surface area contributed by atoms with Crippen molar-refractivity contribution in [3.8, 4) is 0 Å². The van der Waals surface area contributed by atoms with Crippen LogP contribution in [0.3, 0.4) is 0 Å². The number of carbonyl (C=O) groups is 3. The molecular weight excluding hydrogens is 648 g/mol. The quantitative estimate of drug-likeness (QED) is 0.245. The Kier molecular flexibility index (Phi) is 8.82. The van der Waals surface area contributed by atoms with Crippen LogP contribution in [0.1, 0.15) is 34.7 Å². The van der Waals surface area contributed by atoms with Gasteiger partial charge in [-0.3, -0.25) is 14.4 Å². The highest BCUT2D eigenvalue weighted by Gasteiger charge is 2.67. The third-order valence-corrected chi connectivity index (χ3v) is 8.84. The first-order chi connectivity index (χ1) is 18.1. The maximum Gasteiger partial charge on any atom is 0.389 e. The number of carbonyl (C=O) groups excluding carboxylic acids is 3. The number of amides is 3. The Morgan fingerprint density at radius 2 is 1.59 bits per heavy atom. The number of likely N-dealkylation sites (tertiary alicyclic amines) is 1. The van der Waals surface area contributed by atoms with Gasteiger partial charge in [-0.05, 0) is 35.9 Å². The topological polar surface area (TPSA) is 78.5 Å². The molecule has 2 aromatic rings. The molecule has 1 aliphatic carbocycles. The summed E-state index contributed by atoms with van der Waals surface area (Å²) < 4.78 is 35.5. The van der Waals surface area contributed by atoms with Crippen LogP contribution in [0.2, 0.25) is 20.1 Å². The lowest BCUT2D eigenvalue weighted by molar-refractivity contribution is -0.151. The fraction of sp³-hybridized carbons (Fsp3) is 0.375. The van der Waals surface area contributed by atoms with Crippen molar-refractivity contribution in [1.29, 1.82) is 0 Å². The van der Waals surface area contributed by atoms with Crippen molar-refractivity contribution in [1.82, 2.24) is 10.2 Å². The van der Waals surface area contributed by atoms with E-state index in [1.165, 1.54) is 35.2 Å². The highest BCUT2D eigenvalue weighted by molar-refractivity contribution is 6.54. The largest absolute Gasteiger partial charge is 0.389 e. The second-order valence-corrected chi connectivity index (χ2v) is 12.2. The van der Waals surface area contributed by atoms with E-state index >= 15 is 0 Å². The number of nitrogens with zero attached hydrogens (tertiary/aromatic N) is 1. The fourth-order valence-electron chi connectivity index (χ4n) is 4.26. The zero-order valence-electron chi connectivity index (χ0n) is 19.5. The van der Waals surface area contributed by atoms with Gasteiger partial charge in [0, 0.05) is 31.1 Å². The second kappa shape index (κ2) is 11.3. The third kappa shape index (κ3) is 6.82. The summed E-state index contributed by atoms with van der Waals surface area (Å²) >= 11 is 37.1. The number of rotatable bonds is 7. The summed E-state index contributed by atoms with van der Waals surface area (Å²) in [4.78, 5) is 38.9. The van der Waals surface area contributed by atoms with Crippen LogP contribution in [0.25, 0.3) is 0 Å². The van der Waals surface area contributed by atoms with Crippen LogP contribution in [0.4, 0.5) is 18.9 Å². The van der Waals surface area contributed by atoms with E-state index in [-0.39, 0.29) is 44.4 Å². The molecule has 1 heterocycles. The maximum atomic E-state index is 13.0. The van der Waals surface area contributed by atoms with E-state index in [1.54, 1.807) is 0 Å². The van der Waals surface area contributed by atoms with Gasteiger partial charge in [0.05, 0.1) is 44.0 Å². The van der Waals surface area contributed by atoms with Crippen LogP contribution in [-0.4, -0.2) is 52.3 Å². The minimum Gasteiger partial charge on any atom is -0.346 e. The van der Waals surface area contributed by atoms with E-state index in [0.29, 0.717) is 5.56 Å². The van der Waals surface area contributed by atoms with E-state index < -0.39 is 59.0 Å². The monoisotopic (exact) mass is 663 g/mol. The zero-order valence-corrected chi connectivity index (χ0v) is 24.1. The lowest BCUT2D eigenvalue weighted by atomic mass is 10.1. The molecule has 1 saturated carbocycles. The van der Waals surface area contributed by atoms with Gasteiger partial charge in [0.1, 0.15) is 4.33 Å². The van der Waals surface area contributed by atoms with Crippen LogP contribution in [-0.2, 0) is 9.59 Å². The standard InChI is InChI=1S/C24H18Cl6F3N3O3/c25-14-2-1-11(7-13(14)21(38)35-12-8-36(9-12)17(37)3-4-23(31,32)33)34-22(39)19-18(24(19,29)30)10-5-15(26)20(28)16(27)6-10/h1-2,5-7,12,18-19H,3-4,8-9H2,(H,34,39)(H,35,38). The van der Waals surface area contributed by atoms with E-state index in [2.05, 4.69) is 10.6 Å². The Bertz CT molecular complexity index is 1310. The molecule has 2 fully saturated rings. The third-order valence-electron chi connectivity index (χ3n) is 6.37. The van der Waals surface area contributed by atoms with Crippen molar-refractivity contribution in [3.63, 3.8) is 0 Å². The number of hydrogen-bond donors (Lipinski definition) is 2. The summed E-state index contributed by atoms with van der Waals surface area (Å²) in [5.41, 5.74) is 0.819. The van der Waals surface area contributed by atoms with Crippen molar-refractivity contribution < 1.29 is 27.6 Å². The Labute approximate surface area is 251 Å². The normalized spacial score (nSPS) is 20.3. The molecule has 0 radical (unpaired) electrons. The number of halogens is 9. The second-order valence-electron chi connectivity index (χ2n) is 9.20. The van der Waals surface area contributed by atoms with E-state index in [4.69, 9.17) is 69.6 Å². The van der Waals surface area contributed by atoms with Crippen molar-refractivity contribution >= 4 is 93.0 Å². The average Bonchev–Trinajstić information content (AvgIpc) is 3.40. The lowest BCUT2D eigenvalue weighted by Gasteiger charge is -2.39. The van der Waals surface area contributed by atoms with Crippen molar-refractivity contribution in [2.45, 2.75) is 35.3 Å². The van der Waals surface area contributed by atoms with Crippen LogP contribution in [0.15, 0.2) is 30.3 Å². The highest BCUT2D eigenvalue weighted by atomic mass is 35.5. The number of benzene rings is 2. The molecule has 15 heteroatoms. The highest BCUT2D eigenvalue weighted by Crippen LogP contribution is 2.65. The van der Waals surface area contributed by atoms with Crippen LogP contribution in [0.5, 0.6) is 0 Å². The van der Waals surface area contributed by atoms with Gasteiger partial charge in [0.15, 0.2) is 0 Å². The van der Waals surface area contributed by atoms with Crippen LogP contribution in [0, 0.1) is 5.92 Å². The predicted octanol–water partition coefficient (Wildman–Crippen LogP) is 7.11. The SMILES string of the molecule is O=C(NC1CN(C(=O)CCC(F)(F)F)C1)c1cc(NC(=O)C2C(c3cc(Cl)c(Cl)c(Cl)c3)C2(Cl)Cl)ccc1Cl. The maximum absolute atomic E-state index is 13.0. The number of anilines is 1. The molecule has 2 aliphatic rings. The van der Waals surface area contributed by atoms with Crippen molar-refractivity contribution in [2.75, 3.05) is 18.4 Å². The molecule has 1 aliphatic heterocycles. The molecule has 2 atom stereocenters. The van der Waals surface area contributed by atoms with Gasteiger partial charge < -0.3 is 15.5 Å². The minimum atomic E-state index is -4.42. The average molecular weight is 666 g/mol. The summed E-state index contributed by atoms with van der Waals surface area (Å²) in [6.45, 7) is 0.150. The number of hydrogen-bond acceptors (Lipinski definition) is 3. The molecule has 0 spiro atoms. The number of alkyl halides is 5. The molecular formula is C24H18Cl6F3N3O3.